The SMILES string of the molecule is CCCCCCCCCCC/C=C\C/C=C\CCCCCCCCCCCCCCCCCC(=O)NC(CO)C(O)CCCCCCCCCCCCCCCCCC. The van der Waals surface area contributed by atoms with Crippen LogP contribution in [-0.4, -0.2) is 34.9 Å². The van der Waals surface area contributed by atoms with Crippen molar-refractivity contribution < 1.29 is 15.0 Å². The molecule has 0 saturated heterocycles. The van der Waals surface area contributed by atoms with E-state index in [1.165, 1.54) is 244 Å². The van der Waals surface area contributed by atoms with Crippen LogP contribution < -0.4 is 5.32 Å². The minimum absolute atomic E-state index is 0.0273. The maximum atomic E-state index is 12.5. The van der Waals surface area contributed by atoms with Crippen LogP contribution in [0, 0.1) is 0 Å². The van der Waals surface area contributed by atoms with E-state index in [0.717, 1.165) is 32.1 Å². The molecule has 2 unspecified atom stereocenters. The number of carbonyl (C=O) groups is 1. The molecule has 2 atom stereocenters. The van der Waals surface area contributed by atoms with Crippen LogP contribution in [0.3, 0.4) is 0 Å². The first-order valence-corrected chi connectivity index (χ1v) is 27.0. The summed E-state index contributed by atoms with van der Waals surface area (Å²) in [6.07, 6.45) is 67.3. The van der Waals surface area contributed by atoms with Crippen molar-refractivity contribution in [3.05, 3.63) is 24.3 Å². The second-order valence-electron chi connectivity index (χ2n) is 18.7. The van der Waals surface area contributed by atoms with Crippen LogP contribution in [0.2, 0.25) is 0 Å². The van der Waals surface area contributed by atoms with Crippen molar-refractivity contribution in [3.8, 4) is 0 Å². The minimum Gasteiger partial charge on any atom is -0.394 e. The van der Waals surface area contributed by atoms with Gasteiger partial charge in [-0.25, -0.2) is 0 Å². The van der Waals surface area contributed by atoms with Crippen molar-refractivity contribution in [1.82, 2.24) is 5.32 Å². The molecule has 0 aromatic heterocycles. The van der Waals surface area contributed by atoms with Crippen LogP contribution in [0.25, 0.3) is 0 Å². The molecule has 1 amide bonds. The Balaban J connectivity index is 3.43. The largest absolute Gasteiger partial charge is 0.394 e. The van der Waals surface area contributed by atoms with Gasteiger partial charge in [0.05, 0.1) is 18.8 Å². The highest BCUT2D eigenvalue weighted by molar-refractivity contribution is 5.76. The third-order valence-electron chi connectivity index (χ3n) is 12.7. The molecule has 0 aliphatic heterocycles. The van der Waals surface area contributed by atoms with Gasteiger partial charge in [0.25, 0.3) is 0 Å². The number of amides is 1. The summed E-state index contributed by atoms with van der Waals surface area (Å²) in [4.78, 5) is 12.5. The normalized spacial score (nSPS) is 12.9. The van der Waals surface area contributed by atoms with Crippen molar-refractivity contribution in [1.29, 1.82) is 0 Å². The highest BCUT2D eigenvalue weighted by Crippen LogP contribution is 2.17. The monoisotopic (exact) mass is 830 g/mol. The third kappa shape index (κ3) is 47.8. The predicted molar refractivity (Wildman–Crippen MR) is 262 cm³/mol. The molecule has 0 saturated carbocycles. The average molecular weight is 830 g/mol. The van der Waals surface area contributed by atoms with Crippen LogP contribution in [0.15, 0.2) is 24.3 Å². The highest BCUT2D eigenvalue weighted by Gasteiger charge is 2.20. The quantitative estimate of drug-likeness (QED) is 0.0422. The summed E-state index contributed by atoms with van der Waals surface area (Å²) in [5.74, 6) is -0.0273. The van der Waals surface area contributed by atoms with E-state index in [1.54, 1.807) is 0 Å². The van der Waals surface area contributed by atoms with Gasteiger partial charge in [0.1, 0.15) is 0 Å². The number of nitrogens with one attached hydrogen (secondary N) is 1. The smallest absolute Gasteiger partial charge is 0.220 e. The van der Waals surface area contributed by atoms with Gasteiger partial charge in [-0.2, -0.15) is 0 Å². The molecular weight excluding hydrogens is 723 g/mol. The van der Waals surface area contributed by atoms with E-state index in [4.69, 9.17) is 0 Å². The Morgan fingerprint density at radius 2 is 0.695 bits per heavy atom. The van der Waals surface area contributed by atoms with E-state index in [0.29, 0.717) is 12.8 Å². The molecule has 0 aliphatic carbocycles. The van der Waals surface area contributed by atoms with E-state index in [9.17, 15) is 15.0 Å². The summed E-state index contributed by atoms with van der Waals surface area (Å²) in [7, 11) is 0. The summed E-state index contributed by atoms with van der Waals surface area (Å²) in [5, 5.41) is 23.3. The van der Waals surface area contributed by atoms with Gasteiger partial charge in [-0.3, -0.25) is 4.79 Å². The van der Waals surface area contributed by atoms with E-state index in [1.807, 2.05) is 0 Å². The number of allylic oxidation sites excluding steroid dienone is 4. The van der Waals surface area contributed by atoms with E-state index < -0.39 is 12.1 Å². The predicted octanol–water partition coefficient (Wildman–Crippen LogP) is 17.5. The summed E-state index contributed by atoms with van der Waals surface area (Å²) in [5.41, 5.74) is 0. The maximum Gasteiger partial charge on any atom is 0.220 e. The molecule has 4 nitrogen and oxygen atoms in total. The van der Waals surface area contributed by atoms with E-state index in [2.05, 4.69) is 43.5 Å². The zero-order valence-corrected chi connectivity index (χ0v) is 40.3. The summed E-state index contributed by atoms with van der Waals surface area (Å²) in [6.45, 7) is 4.38. The number of hydrogen-bond acceptors (Lipinski definition) is 3. The Bertz CT molecular complexity index is 855. The fourth-order valence-corrected chi connectivity index (χ4v) is 8.57. The minimum atomic E-state index is -0.657. The zero-order valence-electron chi connectivity index (χ0n) is 40.3. The lowest BCUT2D eigenvalue weighted by Crippen LogP contribution is -2.45. The van der Waals surface area contributed by atoms with Crippen molar-refractivity contribution in [2.45, 2.75) is 315 Å². The van der Waals surface area contributed by atoms with E-state index in [-0.39, 0.29) is 12.5 Å². The first-order chi connectivity index (χ1) is 29.2. The Morgan fingerprint density at radius 3 is 1.02 bits per heavy atom. The highest BCUT2D eigenvalue weighted by atomic mass is 16.3. The van der Waals surface area contributed by atoms with Crippen LogP contribution in [0.4, 0.5) is 0 Å². The van der Waals surface area contributed by atoms with Gasteiger partial charge in [-0.15, -0.1) is 0 Å². The number of hydrogen-bond donors (Lipinski definition) is 3. The molecule has 3 N–H and O–H groups in total. The number of unbranched alkanes of at least 4 members (excludes halogenated alkanes) is 39. The molecule has 0 bridgehead atoms. The van der Waals surface area contributed by atoms with Crippen LogP contribution in [0.1, 0.15) is 303 Å². The molecular formula is C55H107NO3. The summed E-state index contributed by atoms with van der Waals surface area (Å²) < 4.78 is 0. The van der Waals surface area contributed by atoms with Gasteiger partial charge in [0.2, 0.25) is 5.91 Å². The first kappa shape index (κ1) is 57.9. The Kier molecular flexibility index (Phi) is 50.2. The Labute approximate surface area is 370 Å². The lowest BCUT2D eigenvalue weighted by molar-refractivity contribution is -0.123. The van der Waals surface area contributed by atoms with Gasteiger partial charge < -0.3 is 15.5 Å². The molecule has 0 aliphatic rings. The number of aliphatic hydroxyl groups is 2. The molecule has 0 heterocycles. The third-order valence-corrected chi connectivity index (χ3v) is 12.7. The van der Waals surface area contributed by atoms with Crippen LogP contribution in [0.5, 0.6) is 0 Å². The molecule has 0 spiro atoms. The summed E-state index contributed by atoms with van der Waals surface area (Å²) in [6, 6.07) is -0.534. The molecule has 350 valence electrons. The molecule has 0 fully saturated rings. The Hall–Kier alpha value is -1.13. The second kappa shape index (κ2) is 51.2. The fraction of sp³-hybridized carbons (Fsp3) is 0.909. The lowest BCUT2D eigenvalue weighted by Gasteiger charge is -2.22. The van der Waals surface area contributed by atoms with E-state index >= 15 is 0 Å². The number of carbonyl (C=O) groups excluding carboxylic acids is 1. The van der Waals surface area contributed by atoms with Crippen LogP contribution in [-0.2, 0) is 4.79 Å². The van der Waals surface area contributed by atoms with Gasteiger partial charge in [-0.1, -0.05) is 276 Å². The molecule has 0 aromatic rings. The van der Waals surface area contributed by atoms with Gasteiger partial charge in [0, 0.05) is 6.42 Å². The molecule has 4 heteroatoms. The fourth-order valence-electron chi connectivity index (χ4n) is 8.57. The van der Waals surface area contributed by atoms with Crippen LogP contribution >= 0.6 is 0 Å². The number of aliphatic hydroxyl groups excluding tert-OH is 2. The second-order valence-corrected chi connectivity index (χ2v) is 18.7. The van der Waals surface area contributed by atoms with Gasteiger partial charge >= 0.3 is 0 Å². The number of rotatable bonds is 50. The van der Waals surface area contributed by atoms with Gasteiger partial charge in [-0.05, 0) is 44.9 Å². The lowest BCUT2D eigenvalue weighted by atomic mass is 10.0. The van der Waals surface area contributed by atoms with Crippen molar-refractivity contribution in [3.63, 3.8) is 0 Å². The molecule has 59 heavy (non-hydrogen) atoms. The average Bonchev–Trinajstić information content (AvgIpc) is 3.24. The molecule has 0 radical (unpaired) electrons. The standard InChI is InChI=1S/C55H107NO3/c1-3-5-7-9-11-13-15-17-19-21-22-23-24-25-26-27-28-29-30-31-32-33-34-35-37-39-41-43-45-47-49-51-55(59)56-53(52-57)54(58)50-48-46-44-42-40-38-36-20-18-16-14-12-10-8-6-4-2/h22-23,25-26,53-54,57-58H,3-21,24,27-52H2,1-2H3,(H,56,59)/b23-22-,26-25-. The first-order valence-electron chi connectivity index (χ1n) is 27.0. The van der Waals surface area contributed by atoms with Crippen molar-refractivity contribution >= 4 is 5.91 Å². The summed E-state index contributed by atoms with van der Waals surface area (Å²) >= 11 is 0. The molecule has 0 aromatic carbocycles. The topological polar surface area (TPSA) is 69.6 Å². The zero-order chi connectivity index (χ0) is 42.8. The Morgan fingerprint density at radius 1 is 0.407 bits per heavy atom. The van der Waals surface area contributed by atoms with Crippen molar-refractivity contribution in [2.75, 3.05) is 6.61 Å². The van der Waals surface area contributed by atoms with Gasteiger partial charge in [0.15, 0.2) is 0 Å². The molecule has 0 rings (SSSR count). The van der Waals surface area contributed by atoms with Crippen molar-refractivity contribution in [2.24, 2.45) is 0 Å². The maximum absolute atomic E-state index is 12.5.